The van der Waals surface area contributed by atoms with Crippen LogP contribution >= 0.6 is 0 Å². The molecule has 0 aromatic heterocycles. The minimum Gasteiger partial charge on any atom is -0.336 e. The summed E-state index contributed by atoms with van der Waals surface area (Å²) in [5.41, 5.74) is 0.328. The summed E-state index contributed by atoms with van der Waals surface area (Å²) in [6.45, 7) is 7.73. The average Bonchev–Trinajstić information content (AvgIpc) is 2.28. The highest BCUT2D eigenvalue weighted by molar-refractivity contribution is 5.75. The van der Waals surface area contributed by atoms with Gasteiger partial charge in [-0.25, -0.2) is 9.18 Å². The van der Waals surface area contributed by atoms with Gasteiger partial charge in [0.05, 0.1) is 5.54 Å². The minimum atomic E-state index is -0.536. The topological polar surface area (TPSA) is 41.1 Å². The maximum atomic E-state index is 12.9. The molecule has 0 spiro atoms. The molecule has 1 atom stereocenters. The van der Waals surface area contributed by atoms with Crippen molar-refractivity contribution in [2.45, 2.75) is 45.7 Å². The largest absolute Gasteiger partial charge is 0.336 e. The summed E-state index contributed by atoms with van der Waals surface area (Å²) in [5, 5.41) is 5.73. The second-order valence-corrected chi connectivity index (χ2v) is 5.04. The fourth-order valence-electron chi connectivity index (χ4n) is 1.58. The van der Waals surface area contributed by atoms with Crippen LogP contribution < -0.4 is 10.6 Å². The lowest BCUT2D eigenvalue weighted by Gasteiger charge is -2.28. The van der Waals surface area contributed by atoms with Crippen molar-refractivity contribution in [1.82, 2.24) is 10.6 Å². The van der Waals surface area contributed by atoms with Gasteiger partial charge in [-0.05, 0) is 44.9 Å². The van der Waals surface area contributed by atoms with Crippen LogP contribution in [0, 0.1) is 5.82 Å². The zero-order chi connectivity index (χ0) is 13.8. The number of amides is 2. The lowest BCUT2D eigenvalue weighted by molar-refractivity contribution is 0.226. The highest BCUT2D eigenvalue weighted by Crippen LogP contribution is 2.20. The molecule has 0 saturated carbocycles. The van der Waals surface area contributed by atoms with E-state index in [1.165, 1.54) is 12.1 Å². The number of urea groups is 1. The number of nitrogens with one attached hydrogen (secondary N) is 2. The van der Waals surface area contributed by atoms with Gasteiger partial charge in [-0.1, -0.05) is 19.1 Å². The lowest BCUT2D eigenvalue weighted by atomic mass is 9.94. The Morgan fingerprint density at radius 2 is 1.89 bits per heavy atom. The summed E-state index contributed by atoms with van der Waals surface area (Å²) >= 11 is 0. The van der Waals surface area contributed by atoms with Crippen molar-refractivity contribution < 1.29 is 9.18 Å². The van der Waals surface area contributed by atoms with Crippen molar-refractivity contribution in [2.75, 3.05) is 0 Å². The summed E-state index contributed by atoms with van der Waals surface area (Å²) in [6.07, 6.45) is 0.879. The van der Waals surface area contributed by atoms with E-state index < -0.39 is 5.54 Å². The molecule has 1 unspecified atom stereocenters. The number of hydrogen-bond donors (Lipinski definition) is 2. The molecule has 0 bridgehead atoms. The molecule has 0 saturated heterocycles. The van der Waals surface area contributed by atoms with Gasteiger partial charge in [0.2, 0.25) is 0 Å². The third-order valence-electron chi connectivity index (χ3n) is 2.98. The number of hydrogen-bond acceptors (Lipinski definition) is 1. The van der Waals surface area contributed by atoms with E-state index in [0.717, 1.165) is 12.0 Å². The van der Waals surface area contributed by atoms with Crippen molar-refractivity contribution in [3.63, 3.8) is 0 Å². The van der Waals surface area contributed by atoms with Gasteiger partial charge in [0.15, 0.2) is 0 Å². The molecule has 2 amide bonds. The smallest absolute Gasteiger partial charge is 0.315 e. The first-order chi connectivity index (χ1) is 8.35. The minimum absolute atomic E-state index is 0.133. The highest BCUT2D eigenvalue weighted by Gasteiger charge is 2.23. The molecule has 4 heteroatoms. The van der Waals surface area contributed by atoms with Gasteiger partial charge in [-0.3, -0.25) is 0 Å². The van der Waals surface area contributed by atoms with Gasteiger partial charge in [-0.15, -0.1) is 0 Å². The monoisotopic (exact) mass is 252 g/mol. The molecular weight excluding hydrogens is 231 g/mol. The molecule has 0 fully saturated rings. The molecular formula is C14H21FN2O. The van der Waals surface area contributed by atoms with Gasteiger partial charge in [0.25, 0.3) is 0 Å². The normalized spacial score (nSPS) is 12.9. The Labute approximate surface area is 108 Å². The van der Waals surface area contributed by atoms with E-state index in [2.05, 4.69) is 10.6 Å². The van der Waals surface area contributed by atoms with Gasteiger partial charge in [-0.2, -0.15) is 0 Å². The Morgan fingerprint density at radius 3 is 2.39 bits per heavy atom. The van der Waals surface area contributed by atoms with Crippen molar-refractivity contribution in [3.05, 3.63) is 35.6 Å². The van der Waals surface area contributed by atoms with Crippen LogP contribution in [0.1, 0.15) is 39.7 Å². The summed E-state index contributed by atoms with van der Waals surface area (Å²) in [6, 6.07) is 6.07. The maximum absolute atomic E-state index is 12.9. The standard InChI is InChI=1S/C14H21FN2O/c1-5-10(2)16-13(18)17-14(3,4)11-6-8-12(15)9-7-11/h6-10H,5H2,1-4H3,(H2,16,17,18). The number of halogens is 1. The van der Waals surface area contributed by atoms with Crippen LogP contribution in [-0.2, 0) is 5.54 Å². The van der Waals surface area contributed by atoms with E-state index in [-0.39, 0.29) is 17.9 Å². The van der Waals surface area contributed by atoms with Crippen LogP contribution in [0.25, 0.3) is 0 Å². The van der Waals surface area contributed by atoms with Crippen LogP contribution in [0.15, 0.2) is 24.3 Å². The first-order valence-corrected chi connectivity index (χ1v) is 6.20. The number of rotatable bonds is 4. The summed E-state index contributed by atoms with van der Waals surface area (Å²) in [5.74, 6) is -0.279. The Kier molecular flexibility index (Phi) is 4.70. The molecule has 2 N–H and O–H groups in total. The number of carbonyl (C=O) groups excluding carboxylic acids is 1. The van der Waals surface area contributed by atoms with Crippen molar-refractivity contribution in [2.24, 2.45) is 0 Å². The molecule has 0 aliphatic heterocycles. The molecule has 3 nitrogen and oxygen atoms in total. The van der Waals surface area contributed by atoms with E-state index in [1.807, 2.05) is 27.7 Å². The second kappa shape index (κ2) is 5.85. The molecule has 18 heavy (non-hydrogen) atoms. The molecule has 1 aromatic carbocycles. The molecule has 1 aromatic rings. The van der Waals surface area contributed by atoms with Crippen LogP contribution in [0.3, 0.4) is 0 Å². The maximum Gasteiger partial charge on any atom is 0.315 e. The third kappa shape index (κ3) is 4.02. The molecule has 0 radical (unpaired) electrons. The Bertz CT molecular complexity index is 401. The van der Waals surface area contributed by atoms with Crippen molar-refractivity contribution >= 4 is 6.03 Å². The van der Waals surface area contributed by atoms with Crippen LogP contribution in [0.2, 0.25) is 0 Å². The lowest BCUT2D eigenvalue weighted by Crippen LogP contribution is -2.48. The summed E-state index contributed by atoms with van der Waals surface area (Å²) in [4.78, 5) is 11.8. The Morgan fingerprint density at radius 1 is 1.33 bits per heavy atom. The summed E-state index contributed by atoms with van der Waals surface area (Å²) < 4.78 is 12.9. The first-order valence-electron chi connectivity index (χ1n) is 6.20. The van der Waals surface area contributed by atoms with Crippen molar-refractivity contribution in [3.8, 4) is 0 Å². The molecule has 0 aliphatic carbocycles. The average molecular weight is 252 g/mol. The van der Waals surface area contributed by atoms with Crippen molar-refractivity contribution in [1.29, 1.82) is 0 Å². The first kappa shape index (κ1) is 14.5. The Balaban J connectivity index is 2.69. The number of carbonyl (C=O) groups is 1. The van der Waals surface area contributed by atoms with E-state index in [9.17, 15) is 9.18 Å². The van der Waals surface area contributed by atoms with Crippen LogP contribution in [0.5, 0.6) is 0 Å². The van der Waals surface area contributed by atoms with Gasteiger partial charge in [0.1, 0.15) is 5.82 Å². The predicted molar refractivity (Wildman–Crippen MR) is 70.8 cm³/mol. The van der Waals surface area contributed by atoms with Gasteiger partial charge < -0.3 is 10.6 Å². The quantitative estimate of drug-likeness (QED) is 0.849. The van der Waals surface area contributed by atoms with Crippen LogP contribution in [0.4, 0.5) is 9.18 Å². The third-order valence-corrected chi connectivity index (χ3v) is 2.98. The van der Waals surface area contributed by atoms with E-state index >= 15 is 0 Å². The predicted octanol–water partition coefficient (Wildman–Crippen LogP) is 3.16. The zero-order valence-electron chi connectivity index (χ0n) is 11.4. The molecule has 0 aliphatic rings. The molecule has 1 rings (SSSR count). The SMILES string of the molecule is CCC(C)NC(=O)NC(C)(C)c1ccc(F)cc1. The fourth-order valence-corrected chi connectivity index (χ4v) is 1.58. The zero-order valence-corrected chi connectivity index (χ0v) is 11.4. The fraction of sp³-hybridized carbons (Fsp3) is 0.500. The summed E-state index contributed by atoms with van der Waals surface area (Å²) in [7, 11) is 0. The number of benzene rings is 1. The van der Waals surface area contributed by atoms with Crippen LogP contribution in [-0.4, -0.2) is 12.1 Å². The highest BCUT2D eigenvalue weighted by atomic mass is 19.1. The van der Waals surface area contributed by atoms with E-state index in [4.69, 9.17) is 0 Å². The van der Waals surface area contributed by atoms with E-state index in [1.54, 1.807) is 12.1 Å². The molecule has 0 heterocycles. The second-order valence-electron chi connectivity index (χ2n) is 5.04. The van der Waals surface area contributed by atoms with Gasteiger partial charge >= 0.3 is 6.03 Å². The Hall–Kier alpha value is -1.58. The molecule has 100 valence electrons. The van der Waals surface area contributed by atoms with E-state index in [0.29, 0.717) is 0 Å². The van der Waals surface area contributed by atoms with Gasteiger partial charge in [0, 0.05) is 6.04 Å².